The van der Waals surface area contributed by atoms with Crippen LogP contribution in [-0.2, 0) is 17.6 Å². The number of nitrogens with zero attached hydrogens (tertiary/aromatic N) is 1. The van der Waals surface area contributed by atoms with Crippen molar-refractivity contribution < 1.29 is 4.79 Å². The van der Waals surface area contributed by atoms with Crippen LogP contribution in [-0.4, -0.2) is 16.9 Å². The van der Waals surface area contributed by atoms with Crippen molar-refractivity contribution in [2.45, 2.75) is 51.5 Å². The Balaban J connectivity index is 1.78. The molecule has 1 aromatic rings. The molecule has 1 atom stereocenters. The predicted molar refractivity (Wildman–Crippen MR) is 70.3 cm³/mol. The number of carbonyl (C=O) groups is 1. The smallest absolute Gasteiger partial charge is 0.226 e. The van der Waals surface area contributed by atoms with Crippen LogP contribution in [0, 0.1) is 0 Å². The van der Waals surface area contributed by atoms with Crippen molar-refractivity contribution in [3.05, 3.63) is 10.6 Å². The number of anilines is 1. The number of aryl methyl sites for hydroxylation is 2. The average Bonchev–Trinajstić information content (AvgIpc) is 2.76. The topological polar surface area (TPSA) is 68.0 Å². The SMILES string of the molecule is CC(N)CCCC(=O)Nc1nc2c(s1)CCC2. The Labute approximate surface area is 106 Å². The van der Waals surface area contributed by atoms with Gasteiger partial charge in [-0.25, -0.2) is 4.98 Å². The number of hydrogen-bond acceptors (Lipinski definition) is 4. The van der Waals surface area contributed by atoms with Crippen molar-refractivity contribution >= 4 is 22.4 Å². The average molecular weight is 253 g/mol. The Hall–Kier alpha value is -0.940. The molecule has 1 amide bonds. The minimum atomic E-state index is 0.0538. The largest absolute Gasteiger partial charge is 0.328 e. The van der Waals surface area contributed by atoms with Crippen LogP contribution in [0.15, 0.2) is 0 Å². The first kappa shape index (κ1) is 12.5. The Morgan fingerprint density at radius 3 is 3.12 bits per heavy atom. The summed E-state index contributed by atoms with van der Waals surface area (Å²) in [5.74, 6) is 0.0538. The quantitative estimate of drug-likeness (QED) is 0.844. The van der Waals surface area contributed by atoms with E-state index in [0.717, 1.165) is 30.8 Å². The molecule has 0 radical (unpaired) electrons. The van der Waals surface area contributed by atoms with Gasteiger partial charge in [0, 0.05) is 17.3 Å². The number of aromatic nitrogens is 1. The van der Waals surface area contributed by atoms with E-state index in [0.29, 0.717) is 6.42 Å². The molecule has 4 nitrogen and oxygen atoms in total. The van der Waals surface area contributed by atoms with Crippen molar-refractivity contribution in [3.63, 3.8) is 0 Å². The molecule has 1 aliphatic rings. The highest BCUT2D eigenvalue weighted by Crippen LogP contribution is 2.30. The highest BCUT2D eigenvalue weighted by molar-refractivity contribution is 7.15. The number of hydrogen-bond donors (Lipinski definition) is 2. The summed E-state index contributed by atoms with van der Waals surface area (Å²) in [5, 5.41) is 3.64. The minimum absolute atomic E-state index is 0.0538. The highest BCUT2D eigenvalue weighted by atomic mass is 32.1. The molecule has 5 heteroatoms. The van der Waals surface area contributed by atoms with Crippen LogP contribution in [0.4, 0.5) is 5.13 Å². The van der Waals surface area contributed by atoms with Gasteiger partial charge in [-0.1, -0.05) is 0 Å². The zero-order valence-corrected chi connectivity index (χ0v) is 11.0. The first-order valence-corrected chi connectivity index (χ1v) is 7.01. The van der Waals surface area contributed by atoms with Crippen LogP contribution in [0.3, 0.4) is 0 Å². The standard InChI is InChI=1S/C12H19N3OS/c1-8(13)4-2-7-11(16)15-12-14-9-5-3-6-10(9)17-12/h8H,2-7,13H2,1H3,(H,14,15,16). The second-order valence-corrected chi connectivity index (χ2v) is 5.74. The molecule has 0 spiro atoms. The maximum Gasteiger partial charge on any atom is 0.226 e. The van der Waals surface area contributed by atoms with E-state index in [9.17, 15) is 4.79 Å². The number of nitrogens with two attached hydrogens (primary N) is 1. The Bertz CT molecular complexity index is 379. The van der Waals surface area contributed by atoms with Crippen molar-refractivity contribution in [2.24, 2.45) is 5.73 Å². The van der Waals surface area contributed by atoms with Crippen molar-refractivity contribution in [1.82, 2.24) is 4.98 Å². The zero-order chi connectivity index (χ0) is 12.3. The number of rotatable bonds is 5. The molecule has 0 saturated carbocycles. The van der Waals surface area contributed by atoms with E-state index in [-0.39, 0.29) is 11.9 Å². The summed E-state index contributed by atoms with van der Waals surface area (Å²) in [4.78, 5) is 17.4. The van der Waals surface area contributed by atoms with E-state index >= 15 is 0 Å². The molecule has 1 heterocycles. The maximum absolute atomic E-state index is 11.6. The van der Waals surface area contributed by atoms with Gasteiger partial charge in [0.1, 0.15) is 0 Å². The van der Waals surface area contributed by atoms with E-state index in [1.54, 1.807) is 11.3 Å². The summed E-state index contributed by atoms with van der Waals surface area (Å²) >= 11 is 1.62. The molecule has 3 N–H and O–H groups in total. The van der Waals surface area contributed by atoms with Gasteiger partial charge >= 0.3 is 0 Å². The summed E-state index contributed by atoms with van der Waals surface area (Å²) in [6.07, 6.45) is 5.65. The fourth-order valence-electron chi connectivity index (χ4n) is 2.01. The summed E-state index contributed by atoms with van der Waals surface area (Å²) in [6.45, 7) is 1.96. The van der Waals surface area contributed by atoms with Crippen LogP contribution in [0.25, 0.3) is 0 Å². The lowest BCUT2D eigenvalue weighted by atomic mass is 10.1. The molecule has 0 fully saturated rings. The molecule has 1 unspecified atom stereocenters. The first-order valence-electron chi connectivity index (χ1n) is 6.19. The van der Waals surface area contributed by atoms with Gasteiger partial charge in [-0.15, -0.1) is 11.3 Å². The summed E-state index contributed by atoms with van der Waals surface area (Å²) in [7, 11) is 0. The van der Waals surface area contributed by atoms with E-state index < -0.39 is 0 Å². The van der Waals surface area contributed by atoms with E-state index in [4.69, 9.17) is 5.73 Å². The normalized spacial score (nSPS) is 15.6. The molecule has 0 saturated heterocycles. The van der Waals surface area contributed by atoms with Gasteiger partial charge in [-0.05, 0) is 39.0 Å². The van der Waals surface area contributed by atoms with Gasteiger partial charge in [0.2, 0.25) is 5.91 Å². The summed E-state index contributed by atoms with van der Waals surface area (Å²) in [5.41, 5.74) is 6.82. The highest BCUT2D eigenvalue weighted by Gasteiger charge is 2.17. The second-order valence-electron chi connectivity index (χ2n) is 4.66. The van der Waals surface area contributed by atoms with Gasteiger partial charge in [0.15, 0.2) is 5.13 Å². The fraction of sp³-hybridized carbons (Fsp3) is 0.667. The number of carbonyl (C=O) groups excluding carboxylic acids is 1. The predicted octanol–water partition coefficient (Wildman–Crippen LogP) is 2.09. The van der Waals surface area contributed by atoms with Crippen LogP contribution < -0.4 is 11.1 Å². The van der Waals surface area contributed by atoms with Gasteiger partial charge in [-0.3, -0.25) is 4.79 Å². The number of fused-ring (bicyclic) bond motifs is 1. The molecule has 0 aliphatic heterocycles. The fourth-order valence-corrected chi connectivity index (χ4v) is 3.08. The van der Waals surface area contributed by atoms with E-state index in [1.165, 1.54) is 17.0 Å². The summed E-state index contributed by atoms with van der Waals surface area (Å²) < 4.78 is 0. The zero-order valence-electron chi connectivity index (χ0n) is 10.2. The molecular formula is C12H19N3OS. The Morgan fingerprint density at radius 1 is 1.59 bits per heavy atom. The third-order valence-corrected chi connectivity index (χ3v) is 3.98. The monoisotopic (exact) mass is 253 g/mol. The molecule has 2 rings (SSSR count). The molecule has 0 bridgehead atoms. The lowest BCUT2D eigenvalue weighted by molar-refractivity contribution is -0.116. The van der Waals surface area contributed by atoms with Gasteiger partial charge < -0.3 is 11.1 Å². The molecule has 1 aliphatic carbocycles. The molecule has 94 valence electrons. The van der Waals surface area contributed by atoms with E-state index in [2.05, 4.69) is 10.3 Å². The molecule has 1 aromatic heterocycles. The van der Waals surface area contributed by atoms with Crippen LogP contribution >= 0.6 is 11.3 Å². The first-order chi connectivity index (χ1) is 8.15. The van der Waals surface area contributed by atoms with Crippen LogP contribution in [0.5, 0.6) is 0 Å². The Morgan fingerprint density at radius 2 is 2.41 bits per heavy atom. The van der Waals surface area contributed by atoms with Crippen molar-refractivity contribution in [3.8, 4) is 0 Å². The van der Waals surface area contributed by atoms with Gasteiger partial charge in [0.25, 0.3) is 0 Å². The van der Waals surface area contributed by atoms with Crippen molar-refractivity contribution in [2.75, 3.05) is 5.32 Å². The molecular weight excluding hydrogens is 234 g/mol. The number of nitrogens with one attached hydrogen (secondary N) is 1. The molecule has 17 heavy (non-hydrogen) atoms. The third-order valence-electron chi connectivity index (χ3n) is 2.91. The van der Waals surface area contributed by atoms with Crippen LogP contribution in [0.2, 0.25) is 0 Å². The van der Waals surface area contributed by atoms with Crippen molar-refractivity contribution in [1.29, 1.82) is 0 Å². The van der Waals surface area contributed by atoms with E-state index in [1.807, 2.05) is 6.92 Å². The third kappa shape index (κ3) is 3.51. The molecule has 0 aromatic carbocycles. The minimum Gasteiger partial charge on any atom is -0.328 e. The Kier molecular flexibility index (Phi) is 4.12. The van der Waals surface area contributed by atoms with Gasteiger partial charge in [-0.2, -0.15) is 0 Å². The second kappa shape index (κ2) is 5.60. The lowest BCUT2D eigenvalue weighted by Crippen LogP contribution is -2.16. The number of thiazole rings is 1. The van der Waals surface area contributed by atoms with Crippen LogP contribution in [0.1, 0.15) is 43.2 Å². The maximum atomic E-state index is 11.6. The lowest BCUT2D eigenvalue weighted by Gasteiger charge is -2.04. The van der Waals surface area contributed by atoms with Gasteiger partial charge in [0.05, 0.1) is 5.69 Å². The summed E-state index contributed by atoms with van der Waals surface area (Å²) in [6, 6.07) is 0.173. The number of amides is 1.